The van der Waals surface area contributed by atoms with E-state index < -0.39 is 0 Å². The van der Waals surface area contributed by atoms with Crippen LogP contribution in [0, 0.1) is 12.7 Å². The van der Waals surface area contributed by atoms with Gasteiger partial charge in [0.15, 0.2) is 0 Å². The van der Waals surface area contributed by atoms with Crippen LogP contribution >= 0.6 is 11.8 Å². The molecular formula is C16H25FN2S. The average Bonchev–Trinajstić information content (AvgIpc) is 2.56. The molecule has 0 amide bonds. The zero-order chi connectivity index (χ0) is 14.8. The van der Waals surface area contributed by atoms with Crippen molar-refractivity contribution in [3.8, 4) is 0 Å². The maximum absolute atomic E-state index is 13.6. The predicted octanol–water partition coefficient (Wildman–Crippen LogP) is 3.35. The van der Waals surface area contributed by atoms with Gasteiger partial charge < -0.3 is 5.73 Å². The minimum Gasteiger partial charge on any atom is -0.329 e. The molecule has 0 spiro atoms. The van der Waals surface area contributed by atoms with Crippen LogP contribution < -0.4 is 5.73 Å². The lowest BCUT2D eigenvalue weighted by Gasteiger charge is -2.31. The number of hydrogen-bond acceptors (Lipinski definition) is 3. The highest BCUT2D eigenvalue weighted by molar-refractivity contribution is 8.00. The quantitative estimate of drug-likeness (QED) is 0.927. The Kier molecular flexibility index (Phi) is 5.10. The van der Waals surface area contributed by atoms with Gasteiger partial charge in [0.1, 0.15) is 5.82 Å². The summed E-state index contributed by atoms with van der Waals surface area (Å²) in [7, 11) is 0. The highest BCUT2D eigenvalue weighted by atomic mass is 32.2. The number of hydrogen-bond donors (Lipinski definition) is 1. The molecule has 1 unspecified atom stereocenters. The Labute approximate surface area is 125 Å². The van der Waals surface area contributed by atoms with E-state index >= 15 is 0 Å². The molecule has 0 radical (unpaired) electrons. The molecule has 1 aromatic rings. The van der Waals surface area contributed by atoms with E-state index in [1.807, 2.05) is 24.8 Å². The number of aryl methyl sites for hydroxylation is 1. The van der Waals surface area contributed by atoms with Gasteiger partial charge in [0, 0.05) is 36.2 Å². The van der Waals surface area contributed by atoms with Crippen molar-refractivity contribution in [1.82, 2.24) is 4.90 Å². The second-order valence-corrected chi connectivity index (χ2v) is 7.95. The lowest BCUT2D eigenvalue weighted by Crippen LogP contribution is -2.36. The van der Waals surface area contributed by atoms with Gasteiger partial charge in [-0.1, -0.05) is 19.9 Å². The molecule has 2 nitrogen and oxygen atoms in total. The highest BCUT2D eigenvalue weighted by Gasteiger charge is 2.28. The Morgan fingerprint density at radius 2 is 2.15 bits per heavy atom. The normalized spacial score (nSPS) is 21.4. The van der Waals surface area contributed by atoms with Gasteiger partial charge in [-0.2, -0.15) is 11.8 Å². The third-order valence-electron chi connectivity index (χ3n) is 4.14. The number of rotatable bonds is 3. The third-order valence-corrected chi connectivity index (χ3v) is 5.51. The Morgan fingerprint density at radius 3 is 2.85 bits per heavy atom. The van der Waals surface area contributed by atoms with Crippen molar-refractivity contribution >= 4 is 11.8 Å². The van der Waals surface area contributed by atoms with Gasteiger partial charge in [0.25, 0.3) is 0 Å². The lowest BCUT2D eigenvalue weighted by molar-refractivity contribution is 0.210. The Hall–Kier alpha value is -0.580. The molecule has 2 N–H and O–H groups in total. The number of benzene rings is 1. The van der Waals surface area contributed by atoms with Crippen molar-refractivity contribution in [3.63, 3.8) is 0 Å². The fourth-order valence-corrected chi connectivity index (χ4v) is 3.90. The Balaban J connectivity index is 2.21. The molecule has 1 saturated heterocycles. The van der Waals surface area contributed by atoms with Crippen molar-refractivity contribution in [1.29, 1.82) is 0 Å². The molecule has 0 aromatic heterocycles. The number of halogens is 1. The maximum Gasteiger partial charge on any atom is 0.123 e. The minimum absolute atomic E-state index is 0.125. The molecule has 112 valence electrons. The van der Waals surface area contributed by atoms with Gasteiger partial charge in [-0.15, -0.1) is 0 Å². The molecule has 0 aliphatic carbocycles. The average molecular weight is 296 g/mol. The summed E-state index contributed by atoms with van der Waals surface area (Å²) in [4.78, 5) is 2.42. The second-order valence-electron chi connectivity index (χ2n) is 6.15. The van der Waals surface area contributed by atoms with Crippen LogP contribution in [0.4, 0.5) is 4.39 Å². The smallest absolute Gasteiger partial charge is 0.123 e. The predicted molar refractivity (Wildman–Crippen MR) is 85.7 cm³/mol. The molecule has 0 bridgehead atoms. The summed E-state index contributed by atoms with van der Waals surface area (Å²) in [5, 5.41) is 0. The molecule has 20 heavy (non-hydrogen) atoms. The summed E-state index contributed by atoms with van der Waals surface area (Å²) in [6, 6.07) is 5.15. The van der Waals surface area contributed by atoms with Crippen LogP contribution in [0.5, 0.6) is 0 Å². The molecule has 1 aliphatic heterocycles. The van der Waals surface area contributed by atoms with E-state index in [2.05, 4.69) is 18.7 Å². The van der Waals surface area contributed by atoms with Crippen LogP contribution in [0.15, 0.2) is 18.2 Å². The Bertz CT molecular complexity index is 462. The summed E-state index contributed by atoms with van der Waals surface area (Å²) >= 11 is 2.02. The van der Waals surface area contributed by atoms with Gasteiger partial charge in [0.2, 0.25) is 0 Å². The van der Waals surface area contributed by atoms with E-state index in [1.54, 1.807) is 6.07 Å². The number of nitrogens with zero attached hydrogens (tertiary/aromatic N) is 1. The minimum atomic E-state index is -0.173. The second kappa shape index (κ2) is 6.46. The Morgan fingerprint density at radius 1 is 1.40 bits per heavy atom. The summed E-state index contributed by atoms with van der Waals surface area (Å²) in [6.45, 7) is 9.21. The molecule has 1 aromatic carbocycles. The molecule has 1 aliphatic rings. The molecule has 1 atom stereocenters. The van der Waals surface area contributed by atoms with Crippen LogP contribution in [0.2, 0.25) is 0 Å². The monoisotopic (exact) mass is 296 g/mol. The number of thioether (sulfide) groups is 1. The first-order chi connectivity index (χ1) is 9.43. The van der Waals surface area contributed by atoms with Crippen LogP contribution in [0.1, 0.15) is 37.4 Å². The van der Waals surface area contributed by atoms with E-state index in [1.165, 1.54) is 6.07 Å². The SMILES string of the molecule is Cc1ccc(F)cc1C(CN)N1CCSC(C)(C)CC1. The molecule has 2 rings (SSSR count). The van der Waals surface area contributed by atoms with Crippen LogP contribution in [0.25, 0.3) is 0 Å². The highest BCUT2D eigenvalue weighted by Crippen LogP contribution is 2.34. The van der Waals surface area contributed by atoms with Gasteiger partial charge in [-0.05, 0) is 36.6 Å². The lowest BCUT2D eigenvalue weighted by atomic mass is 9.99. The largest absolute Gasteiger partial charge is 0.329 e. The van der Waals surface area contributed by atoms with Gasteiger partial charge in [0.05, 0.1) is 0 Å². The molecular weight excluding hydrogens is 271 g/mol. The fourth-order valence-electron chi connectivity index (χ4n) is 2.79. The van der Waals surface area contributed by atoms with Crippen molar-refractivity contribution in [3.05, 3.63) is 35.1 Å². The third kappa shape index (κ3) is 3.74. The standard InChI is InChI=1S/C16H25FN2S/c1-12-4-5-13(17)10-14(12)15(11-18)19-7-6-16(2,3)20-9-8-19/h4-5,10,15H,6-9,11,18H2,1-3H3. The van der Waals surface area contributed by atoms with Gasteiger partial charge >= 0.3 is 0 Å². The summed E-state index contributed by atoms with van der Waals surface area (Å²) in [5.41, 5.74) is 8.16. The van der Waals surface area contributed by atoms with Crippen LogP contribution in [0.3, 0.4) is 0 Å². The summed E-state index contributed by atoms with van der Waals surface area (Å²) in [6.07, 6.45) is 1.14. The van der Waals surface area contributed by atoms with Crippen LogP contribution in [-0.4, -0.2) is 35.0 Å². The van der Waals surface area contributed by atoms with Crippen molar-refractivity contribution in [2.75, 3.05) is 25.4 Å². The first-order valence-electron chi connectivity index (χ1n) is 7.27. The van der Waals surface area contributed by atoms with Crippen molar-refractivity contribution in [2.45, 2.75) is 38.0 Å². The van der Waals surface area contributed by atoms with Gasteiger partial charge in [-0.3, -0.25) is 4.90 Å². The molecule has 1 fully saturated rings. The van der Waals surface area contributed by atoms with E-state index in [0.29, 0.717) is 11.3 Å². The van der Waals surface area contributed by atoms with E-state index in [-0.39, 0.29) is 11.9 Å². The van der Waals surface area contributed by atoms with E-state index in [9.17, 15) is 4.39 Å². The van der Waals surface area contributed by atoms with Crippen LogP contribution in [-0.2, 0) is 0 Å². The topological polar surface area (TPSA) is 29.3 Å². The molecule has 4 heteroatoms. The summed E-state index contributed by atoms with van der Waals surface area (Å²) < 4.78 is 13.9. The first-order valence-corrected chi connectivity index (χ1v) is 8.25. The van der Waals surface area contributed by atoms with Crippen molar-refractivity contribution < 1.29 is 4.39 Å². The van der Waals surface area contributed by atoms with Gasteiger partial charge in [-0.25, -0.2) is 4.39 Å². The maximum atomic E-state index is 13.6. The first kappa shape index (κ1) is 15.8. The van der Waals surface area contributed by atoms with E-state index in [4.69, 9.17) is 5.73 Å². The van der Waals surface area contributed by atoms with Crippen molar-refractivity contribution in [2.24, 2.45) is 5.73 Å². The summed E-state index contributed by atoms with van der Waals surface area (Å²) in [5.74, 6) is 0.936. The molecule has 1 heterocycles. The zero-order valence-electron chi connectivity index (χ0n) is 12.7. The van der Waals surface area contributed by atoms with E-state index in [0.717, 1.165) is 36.4 Å². The zero-order valence-corrected chi connectivity index (χ0v) is 13.5. The fraction of sp³-hybridized carbons (Fsp3) is 0.625. The molecule has 0 saturated carbocycles. The number of nitrogens with two attached hydrogens (primary N) is 1.